The second-order valence-corrected chi connectivity index (χ2v) is 8.63. The minimum Gasteiger partial charge on any atom is -0.358 e. The topological polar surface area (TPSA) is 84.9 Å². The van der Waals surface area contributed by atoms with Crippen molar-refractivity contribution in [1.29, 1.82) is 0 Å². The molecule has 7 nitrogen and oxygen atoms in total. The molecule has 1 heterocycles. The van der Waals surface area contributed by atoms with E-state index in [-0.39, 0.29) is 25.0 Å². The molecule has 26 heavy (non-hydrogen) atoms. The van der Waals surface area contributed by atoms with Crippen LogP contribution in [0.4, 0.5) is 0 Å². The Morgan fingerprint density at radius 2 is 1.96 bits per heavy atom. The van der Waals surface area contributed by atoms with Crippen molar-refractivity contribution < 1.29 is 24.0 Å². The number of unbranched alkanes of at least 4 members (excludes halogenated alkanes) is 3. The molecule has 2 amide bonds. The van der Waals surface area contributed by atoms with Crippen molar-refractivity contribution in [2.45, 2.75) is 58.3 Å². The minimum absolute atomic E-state index is 0.0000220. The van der Waals surface area contributed by atoms with Crippen LogP contribution < -0.4 is 5.32 Å². The van der Waals surface area contributed by atoms with Crippen molar-refractivity contribution in [3.05, 3.63) is 0 Å². The third kappa shape index (κ3) is 11.6. The number of carbonyl (C=O) groups is 3. The van der Waals surface area contributed by atoms with Gasteiger partial charge in [-0.25, -0.2) is 4.79 Å². The van der Waals surface area contributed by atoms with Crippen LogP contribution in [-0.2, 0) is 24.0 Å². The Morgan fingerprint density at radius 1 is 1.19 bits per heavy atom. The van der Waals surface area contributed by atoms with Crippen molar-refractivity contribution in [2.75, 3.05) is 31.4 Å². The maximum Gasteiger partial charge on any atom is 0.333 e. The van der Waals surface area contributed by atoms with Crippen molar-refractivity contribution >= 4 is 39.4 Å². The first kappa shape index (κ1) is 23.1. The van der Waals surface area contributed by atoms with Crippen LogP contribution in [0.1, 0.15) is 58.3 Å². The zero-order chi connectivity index (χ0) is 19.0. The Bertz CT molecular complexity index is 437. The van der Waals surface area contributed by atoms with Crippen LogP contribution in [0.3, 0.4) is 0 Å². The van der Waals surface area contributed by atoms with Crippen molar-refractivity contribution in [3.63, 3.8) is 0 Å². The first-order valence-electron chi connectivity index (χ1n) is 9.23. The van der Waals surface area contributed by atoms with Crippen LogP contribution in [0.25, 0.3) is 0 Å². The molecule has 0 aromatic rings. The molecule has 1 aliphatic heterocycles. The summed E-state index contributed by atoms with van der Waals surface area (Å²) in [5.74, 6) is 0.693. The Hall–Kier alpha value is -0.930. The number of ether oxygens (including phenoxy) is 1. The van der Waals surface area contributed by atoms with E-state index >= 15 is 0 Å². The largest absolute Gasteiger partial charge is 0.358 e. The molecule has 0 bridgehead atoms. The van der Waals surface area contributed by atoms with Crippen LogP contribution in [0.5, 0.6) is 0 Å². The molecule has 0 atom stereocenters. The predicted molar refractivity (Wildman–Crippen MR) is 104 cm³/mol. The highest BCUT2D eigenvalue weighted by atomic mass is 33.1. The average molecular weight is 407 g/mol. The molecule has 0 unspecified atom stereocenters. The highest BCUT2D eigenvalue weighted by molar-refractivity contribution is 8.76. The number of carbonyl (C=O) groups excluding carboxylic acids is 3. The van der Waals surface area contributed by atoms with Crippen molar-refractivity contribution in [2.24, 2.45) is 0 Å². The summed E-state index contributed by atoms with van der Waals surface area (Å²) in [5, 5.41) is 3.92. The van der Waals surface area contributed by atoms with Gasteiger partial charge in [0.15, 0.2) is 6.73 Å². The lowest BCUT2D eigenvalue weighted by Crippen LogP contribution is -2.33. The van der Waals surface area contributed by atoms with Crippen LogP contribution in [-0.4, -0.2) is 54.2 Å². The zero-order valence-corrected chi connectivity index (χ0v) is 17.1. The Balaban J connectivity index is 1.96. The number of hydrogen-bond acceptors (Lipinski definition) is 7. The van der Waals surface area contributed by atoms with E-state index in [0.717, 1.165) is 24.4 Å². The first-order chi connectivity index (χ1) is 12.6. The molecule has 1 aliphatic rings. The van der Waals surface area contributed by atoms with Gasteiger partial charge in [0, 0.05) is 37.5 Å². The molecular formula is C17H30N2O5S2. The lowest BCUT2D eigenvalue weighted by molar-refractivity contribution is -0.212. The minimum atomic E-state index is -0.443. The molecule has 0 saturated carbocycles. The van der Waals surface area contributed by atoms with Crippen LogP contribution in [0.15, 0.2) is 0 Å². The maximum atomic E-state index is 11.7. The summed E-state index contributed by atoms with van der Waals surface area (Å²) >= 11 is 0. The molecule has 0 spiro atoms. The highest BCUT2D eigenvalue weighted by Crippen LogP contribution is 2.23. The zero-order valence-electron chi connectivity index (χ0n) is 15.5. The third-order valence-corrected chi connectivity index (χ3v) is 6.02. The van der Waals surface area contributed by atoms with Crippen LogP contribution in [0, 0.1) is 0 Å². The second kappa shape index (κ2) is 15.2. The molecule has 150 valence electrons. The number of amides is 2. The summed E-state index contributed by atoms with van der Waals surface area (Å²) in [6.45, 7) is 3.41. The van der Waals surface area contributed by atoms with Gasteiger partial charge in [-0.15, -0.1) is 5.06 Å². The molecule has 0 aliphatic carbocycles. The summed E-state index contributed by atoms with van der Waals surface area (Å²) in [6, 6.07) is 0. The van der Waals surface area contributed by atoms with Gasteiger partial charge in [0.2, 0.25) is 5.91 Å². The standard InChI is InChI=1S/C17H30N2O5S2/c1-2-3-4-5-10-18-15(20)8-12-25-26-13-9-17(22)24-19-14-23-11-6-7-16(19)21/h2-14H2,1H3,(H,18,20). The quantitative estimate of drug-likeness (QED) is 0.372. The molecule has 1 fully saturated rings. The molecule has 0 aromatic heterocycles. The Labute approximate surface area is 163 Å². The fraction of sp³-hybridized carbons (Fsp3) is 0.824. The van der Waals surface area contributed by atoms with Gasteiger partial charge >= 0.3 is 5.97 Å². The normalized spacial score (nSPS) is 14.8. The van der Waals surface area contributed by atoms with Gasteiger partial charge in [-0.1, -0.05) is 47.8 Å². The summed E-state index contributed by atoms with van der Waals surface area (Å²) in [7, 11) is 3.09. The van der Waals surface area contributed by atoms with E-state index in [9.17, 15) is 14.4 Å². The predicted octanol–water partition coefficient (Wildman–Crippen LogP) is 2.90. The SMILES string of the molecule is CCCCCCNC(=O)CCSSCCC(=O)ON1COCCCC1=O. The summed E-state index contributed by atoms with van der Waals surface area (Å²) < 4.78 is 5.19. The van der Waals surface area contributed by atoms with Crippen LogP contribution >= 0.6 is 21.6 Å². The van der Waals surface area contributed by atoms with Gasteiger partial charge in [0.05, 0.1) is 6.42 Å². The van der Waals surface area contributed by atoms with Crippen molar-refractivity contribution in [1.82, 2.24) is 10.4 Å². The molecule has 1 saturated heterocycles. The van der Waals surface area contributed by atoms with Gasteiger partial charge in [0.25, 0.3) is 5.91 Å². The second-order valence-electron chi connectivity index (χ2n) is 5.93. The summed E-state index contributed by atoms with van der Waals surface area (Å²) in [5.41, 5.74) is 0. The van der Waals surface area contributed by atoms with Gasteiger partial charge in [0.1, 0.15) is 0 Å². The number of hydrogen-bond donors (Lipinski definition) is 1. The van der Waals surface area contributed by atoms with E-state index in [2.05, 4.69) is 12.2 Å². The van der Waals surface area contributed by atoms with E-state index in [1.807, 2.05) is 0 Å². The molecular weight excluding hydrogens is 376 g/mol. The highest BCUT2D eigenvalue weighted by Gasteiger charge is 2.21. The monoisotopic (exact) mass is 406 g/mol. The van der Waals surface area contributed by atoms with Gasteiger partial charge < -0.3 is 14.9 Å². The summed E-state index contributed by atoms with van der Waals surface area (Å²) in [4.78, 5) is 40.1. The maximum absolute atomic E-state index is 11.7. The van der Waals surface area contributed by atoms with E-state index < -0.39 is 5.97 Å². The smallest absolute Gasteiger partial charge is 0.333 e. The molecule has 0 aromatic carbocycles. The number of nitrogens with one attached hydrogen (secondary N) is 1. The lowest BCUT2D eigenvalue weighted by atomic mass is 10.2. The van der Waals surface area contributed by atoms with Crippen molar-refractivity contribution in [3.8, 4) is 0 Å². The van der Waals surface area contributed by atoms with E-state index in [4.69, 9.17) is 9.57 Å². The lowest BCUT2D eigenvalue weighted by Gasteiger charge is -2.18. The Kier molecular flexibility index (Phi) is 13.5. The molecule has 1 rings (SSSR count). The van der Waals surface area contributed by atoms with E-state index in [1.165, 1.54) is 23.6 Å². The fourth-order valence-electron chi connectivity index (χ4n) is 2.16. The first-order valence-corrected chi connectivity index (χ1v) is 11.7. The van der Waals surface area contributed by atoms with Gasteiger partial charge in [-0.05, 0) is 12.8 Å². The number of hydroxylamine groups is 2. The third-order valence-electron chi connectivity index (χ3n) is 3.62. The average Bonchev–Trinajstić information content (AvgIpc) is 2.82. The molecule has 1 N–H and O–H groups in total. The number of nitrogens with zero attached hydrogens (tertiary/aromatic N) is 1. The van der Waals surface area contributed by atoms with E-state index in [0.29, 0.717) is 37.4 Å². The number of rotatable bonds is 13. The molecule has 0 radical (unpaired) electrons. The van der Waals surface area contributed by atoms with Crippen LogP contribution in [0.2, 0.25) is 0 Å². The van der Waals surface area contributed by atoms with E-state index in [1.54, 1.807) is 10.8 Å². The summed E-state index contributed by atoms with van der Waals surface area (Å²) in [6.07, 6.45) is 6.27. The Morgan fingerprint density at radius 3 is 2.73 bits per heavy atom. The fourth-order valence-corrected chi connectivity index (χ4v) is 4.12. The molecule has 9 heteroatoms. The van der Waals surface area contributed by atoms with Gasteiger partial charge in [-0.3, -0.25) is 9.59 Å². The van der Waals surface area contributed by atoms with Gasteiger partial charge in [-0.2, -0.15) is 0 Å².